The van der Waals surface area contributed by atoms with Crippen molar-refractivity contribution < 1.29 is 13.9 Å². The van der Waals surface area contributed by atoms with E-state index in [0.717, 1.165) is 16.3 Å². The Hall–Kier alpha value is -2.79. The minimum Gasteiger partial charge on any atom is -0.433 e. The lowest BCUT2D eigenvalue weighted by atomic mass is 10.0. The average Bonchev–Trinajstić information content (AvgIpc) is 2.89. The molecule has 0 bridgehead atoms. The topological polar surface area (TPSA) is 29.5 Å². The fourth-order valence-corrected chi connectivity index (χ4v) is 3.29. The summed E-state index contributed by atoms with van der Waals surface area (Å²) >= 11 is 5.47. The lowest BCUT2D eigenvalue weighted by molar-refractivity contribution is 0.153. The van der Waals surface area contributed by atoms with Gasteiger partial charge in [0.05, 0.1) is 5.69 Å². The molecule has 4 rings (SSSR count). The second-order valence-corrected chi connectivity index (χ2v) is 5.90. The summed E-state index contributed by atoms with van der Waals surface area (Å²) in [5, 5.41) is 2.01. The second kappa shape index (κ2) is 5.69. The number of anilines is 1. The van der Waals surface area contributed by atoms with E-state index in [-0.39, 0.29) is 0 Å². The molecular formula is C19H12FNO2S. The highest BCUT2D eigenvalue weighted by atomic mass is 32.1. The fourth-order valence-electron chi connectivity index (χ4n) is 2.93. The molecule has 3 aromatic carbocycles. The number of amides is 1. The number of hydrogen-bond donors (Lipinski definition) is 0. The van der Waals surface area contributed by atoms with Crippen LogP contribution in [0.25, 0.3) is 10.8 Å². The number of cyclic esters (lactones) is 1. The van der Waals surface area contributed by atoms with E-state index in [4.69, 9.17) is 17.0 Å². The van der Waals surface area contributed by atoms with E-state index in [1.54, 1.807) is 6.07 Å². The van der Waals surface area contributed by atoms with Crippen molar-refractivity contribution in [3.8, 4) is 0 Å². The number of fused-ring (bicyclic) bond motifs is 1. The number of carbonyl (C=O) groups is 1. The molecule has 0 saturated carbocycles. The summed E-state index contributed by atoms with van der Waals surface area (Å²) in [5.41, 5.74) is 1.19. The monoisotopic (exact) mass is 337 g/mol. The summed E-state index contributed by atoms with van der Waals surface area (Å²) in [7, 11) is 0. The van der Waals surface area contributed by atoms with Crippen molar-refractivity contribution in [3.05, 3.63) is 78.1 Å². The minimum absolute atomic E-state index is 0.307. The van der Waals surface area contributed by atoms with Crippen LogP contribution in [0.2, 0.25) is 0 Å². The predicted molar refractivity (Wildman–Crippen MR) is 94.6 cm³/mol. The van der Waals surface area contributed by atoms with Crippen LogP contribution in [0.15, 0.2) is 66.7 Å². The predicted octanol–water partition coefficient (Wildman–Crippen LogP) is 5.00. The Labute approximate surface area is 143 Å². The van der Waals surface area contributed by atoms with Crippen LogP contribution in [0.3, 0.4) is 0 Å². The van der Waals surface area contributed by atoms with E-state index < -0.39 is 18.0 Å². The first-order valence-electron chi connectivity index (χ1n) is 7.43. The lowest BCUT2D eigenvalue weighted by Crippen LogP contribution is -2.28. The standard InChI is InChI=1S/C19H12FNO2S/c20-13-7-4-8-14(11-13)21-18(24)17(23-19(21)22)16-10-3-6-12-5-1-2-9-15(12)16/h1-11,17H. The quantitative estimate of drug-likeness (QED) is 0.616. The zero-order valence-electron chi connectivity index (χ0n) is 12.5. The van der Waals surface area contributed by atoms with Gasteiger partial charge in [-0.05, 0) is 29.0 Å². The number of benzene rings is 3. The van der Waals surface area contributed by atoms with Gasteiger partial charge in [-0.2, -0.15) is 0 Å². The normalized spacial score (nSPS) is 17.4. The van der Waals surface area contributed by atoms with Gasteiger partial charge in [0.1, 0.15) is 10.8 Å². The molecule has 3 nitrogen and oxygen atoms in total. The Morgan fingerprint density at radius 3 is 2.58 bits per heavy atom. The van der Waals surface area contributed by atoms with Crippen molar-refractivity contribution in [2.24, 2.45) is 0 Å². The molecule has 0 radical (unpaired) electrons. The van der Waals surface area contributed by atoms with Crippen LogP contribution < -0.4 is 4.90 Å². The van der Waals surface area contributed by atoms with Gasteiger partial charge in [-0.1, -0.05) is 60.7 Å². The molecular weight excluding hydrogens is 325 g/mol. The molecule has 1 fully saturated rings. The van der Waals surface area contributed by atoms with E-state index in [1.165, 1.54) is 23.1 Å². The van der Waals surface area contributed by atoms with Gasteiger partial charge in [0.2, 0.25) is 0 Å². The second-order valence-electron chi connectivity index (χ2n) is 5.49. The Balaban J connectivity index is 1.78. The molecule has 5 heteroatoms. The first kappa shape index (κ1) is 14.8. The molecule has 0 aliphatic carbocycles. The average molecular weight is 337 g/mol. The third-order valence-corrected chi connectivity index (χ3v) is 4.41. The van der Waals surface area contributed by atoms with Gasteiger partial charge in [0, 0.05) is 5.56 Å². The smallest absolute Gasteiger partial charge is 0.420 e. The van der Waals surface area contributed by atoms with Gasteiger partial charge in [-0.15, -0.1) is 0 Å². The fraction of sp³-hybridized carbons (Fsp3) is 0.0526. The Morgan fingerprint density at radius 2 is 1.75 bits per heavy atom. The SMILES string of the molecule is O=C1OC(c2cccc3ccccc23)C(=S)N1c1cccc(F)c1. The van der Waals surface area contributed by atoms with Crippen molar-refractivity contribution in [2.45, 2.75) is 6.10 Å². The molecule has 1 atom stereocenters. The van der Waals surface area contributed by atoms with E-state index in [1.807, 2.05) is 42.5 Å². The molecule has 1 heterocycles. The first-order chi connectivity index (χ1) is 11.6. The number of carbonyl (C=O) groups excluding carboxylic acids is 1. The number of nitrogens with zero attached hydrogens (tertiary/aromatic N) is 1. The van der Waals surface area contributed by atoms with Crippen molar-refractivity contribution >= 4 is 39.8 Å². The summed E-state index contributed by atoms with van der Waals surface area (Å²) in [6.45, 7) is 0. The highest BCUT2D eigenvalue weighted by molar-refractivity contribution is 7.80. The first-order valence-corrected chi connectivity index (χ1v) is 7.84. The highest BCUT2D eigenvalue weighted by Crippen LogP contribution is 2.35. The van der Waals surface area contributed by atoms with Crippen LogP contribution in [0.1, 0.15) is 11.7 Å². The molecule has 24 heavy (non-hydrogen) atoms. The molecule has 3 aromatic rings. The van der Waals surface area contributed by atoms with Gasteiger partial charge < -0.3 is 4.74 Å². The van der Waals surface area contributed by atoms with Crippen LogP contribution in [-0.2, 0) is 4.74 Å². The zero-order valence-corrected chi connectivity index (χ0v) is 13.3. The summed E-state index contributed by atoms with van der Waals surface area (Å²) in [6, 6.07) is 19.3. The van der Waals surface area contributed by atoms with Crippen molar-refractivity contribution in [3.63, 3.8) is 0 Å². The van der Waals surface area contributed by atoms with Crippen LogP contribution in [-0.4, -0.2) is 11.1 Å². The van der Waals surface area contributed by atoms with Gasteiger partial charge in [0.15, 0.2) is 6.10 Å². The van der Waals surface area contributed by atoms with Gasteiger partial charge in [-0.3, -0.25) is 0 Å². The molecule has 1 amide bonds. The van der Waals surface area contributed by atoms with E-state index in [2.05, 4.69) is 0 Å². The zero-order chi connectivity index (χ0) is 16.7. The van der Waals surface area contributed by atoms with E-state index in [0.29, 0.717) is 10.7 Å². The van der Waals surface area contributed by atoms with Gasteiger partial charge in [0.25, 0.3) is 0 Å². The number of thiocarbonyl (C=S) groups is 1. The van der Waals surface area contributed by atoms with Gasteiger partial charge in [-0.25, -0.2) is 14.1 Å². The maximum atomic E-state index is 13.5. The molecule has 0 aromatic heterocycles. The summed E-state index contributed by atoms with van der Waals surface area (Å²) in [6.07, 6.45) is -1.26. The van der Waals surface area contributed by atoms with Crippen LogP contribution in [0.4, 0.5) is 14.9 Å². The number of ether oxygens (including phenoxy) is 1. The summed E-state index contributed by atoms with van der Waals surface area (Å²) < 4.78 is 19.0. The molecule has 1 aliphatic rings. The molecule has 1 saturated heterocycles. The maximum Gasteiger partial charge on any atom is 0.420 e. The van der Waals surface area contributed by atoms with Gasteiger partial charge >= 0.3 is 6.09 Å². The molecule has 118 valence electrons. The number of rotatable bonds is 2. The van der Waals surface area contributed by atoms with Crippen molar-refractivity contribution in [2.75, 3.05) is 4.90 Å². The minimum atomic E-state index is -0.665. The molecule has 1 aliphatic heterocycles. The third kappa shape index (κ3) is 2.34. The van der Waals surface area contributed by atoms with E-state index in [9.17, 15) is 9.18 Å². The third-order valence-electron chi connectivity index (χ3n) is 4.02. The van der Waals surface area contributed by atoms with Crippen LogP contribution in [0.5, 0.6) is 0 Å². The Bertz CT molecular complexity index is 967. The molecule has 1 unspecified atom stereocenters. The summed E-state index contributed by atoms with van der Waals surface area (Å²) in [5.74, 6) is -0.434. The van der Waals surface area contributed by atoms with Crippen LogP contribution in [0, 0.1) is 5.82 Å². The number of halogens is 1. The van der Waals surface area contributed by atoms with E-state index >= 15 is 0 Å². The largest absolute Gasteiger partial charge is 0.433 e. The summed E-state index contributed by atoms with van der Waals surface area (Å²) in [4.78, 5) is 13.9. The molecule has 0 spiro atoms. The Morgan fingerprint density at radius 1 is 1.00 bits per heavy atom. The number of hydrogen-bond acceptors (Lipinski definition) is 3. The Kier molecular flexibility index (Phi) is 3.50. The van der Waals surface area contributed by atoms with Crippen molar-refractivity contribution in [1.29, 1.82) is 0 Å². The van der Waals surface area contributed by atoms with Crippen molar-refractivity contribution in [1.82, 2.24) is 0 Å². The highest BCUT2D eigenvalue weighted by Gasteiger charge is 2.39. The lowest BCUT2D eigenvalue weighted by Gasteiger charge is -2.15. The molecule has 0 N–H and O–H groups in total. The van der Waals surface area contributed by atoms with Crippen LogP contribution >= 0.6 is 12.2 Å². The maximum absolute atomic E-state index is 13.5.